The lowest BCUT2D eigenvalue weighted by Crippen LogP contribution is -2.43. The van der Waals surface area contributed by atoms with Gasteiger partial charge in [-0.1, -0.05) is 0 Å². The van der Waals surface area contributed by atoms with E-state index in [1.54, 1.807) is 16.3 Å². The average molecular weight is 414 g/mol. The third-order valence-corrected chi connectivity index (χ3v) is 6.23. The fourth-order valence-corrected chi connectivity index (χ4v) is 4.34. The second-order valence-corrected chi connectivity index (χ2v) is 8.47. The molecule has 0 radical (unpaired) electrons. The Kier molecular flexibility index (Phi) is 4.03. The number of aryl methyl sites for hydroxylation is 1. The number of hydrogen-bond donors (Lipinski definition) is 1. The van der Waals surface area contributed by atoms with E-state index in [-0.39, 0.29) is 0 Å². The lowest BCUT2D eigenvalue weighted by Gasteiger charge is -2.27. The fourth-order valence-electron chi connectivity index (χ4n) is 3.51. The summed E-state index contributed by atoms with van der Waals surface area (Å²) in [6.07, 6.45) is 5.92. The summed E-state index contributed by atoms with van der Waals surface area (Å²) in [6.45, 7) is 3.91. The van der Waals surface area contributed by atoms with Gasteiger partial charge in [-0.2, -0.15) is 14.7 Å². The van der Waals surface area contributed by atoms with Gasteiger partial charge in [0.25, 0.3) is 0 Å². The topological polar surface area (TPSA) is 85.8 Å². The molecule has 5 heterocycles. The standard InChI is InChI=1S/C21H18N8S/c1-13-2-5-20-25-26-21(29(20)27-13)30-18-3-4-19-14(7-18)6-15(8-23-19)16-9-24-28(12-16)17-10-22-11-17/h2-9,12,17,22H,10-11H2,1H3. The molecule has 0 amide bonds. The number of nitrogens with one attached hydrogen (secondary N) is 1. The van der Waals surface area contributed by atoms with E-state index in [0.717, 1.165) is 56.5 Å². The first-order valence-electron chi connectivity index (χ1n) is 9.75. The van der Waals surface area contributed by atoms with E-state index in [2.05, 4.69) is 55.1 Å². The molecule has 6 rings (SSSR count). The first-order valence-corrected chi connectivity index (χ1v) is 10.6. The summed E-state index contributed by atoms with van der Waals surface area (Å²) in [6, 6.07) is 12.7. The number of hydrogen-bond acceptors (Lipinski definition) is 7. The molecule has 1 fully saturated rings. The maximum Gasteiger partial charge on any atom is 0.217 e. The molecule has 9 heteroatoms. The molecule has 0 aliphatic carbocycles. The summed E-state index contributed by atoms with van der Waals surface area (Å²) in [7, 11) is 0. The van der Waals surface area contributed by atoms with Crippen LogP contribution < -0.4 is 5.32 Å². The summed E-state index contributed by atoms with van der Waals surface area (Å²) in [5.41, 5.74) is 4.77. The van der Waals surface area contributed by atoms with Gasteiger partial charge in [-0.3, -0.25) is 9.67 Å². The van der Waals surface area contributed by atoms with E-state index in [9.17, 15) is 0 Å². The second-order valence-electron chi connectivity index (χ2n) is 7.43. The Morgan fingerprint density at radius 2 is 1.97 bits per heavy atom. The summed E-state index contributed by atoms with van der Waals surface area (Å²) in [4.78, 5) is 5.71. The fraction of sp³-hybridized carbons (Fsp3) is 0.190. The lowest BCUT2D eigenvalue weighted by molar-refractivity contribution is 0.318. The molecule has 1 aromatic carbocycles. The molecule has 0 spiro atoms. The van der Waals surface area contributed by atoms with Crippen LogP contribution in [0.5, 0.6) is 0 Å². The Hall–Kier alpha value is -3.30. The Balaban J connectivity index is 1.33. The minimum absolute atomic E-state index is 0.449. The molecule has 0 bridgehead atoms. The van der Waals surface area contributed by atoms with Crippen LogP contribution in [0.4, 0.5) is 0 Å². The van der Waals surface area contributed by atoms with Gasteiger partial charge in [-0.15, -0.1) is 10.2 Å². The Labute approximate surface area is 176 Å². The van der Waals surface area contributed by atoms with E-state index in [1.807, 2.05) is 42.2 Å². The predicted molar refractivity (Wildman–Crippen MR) is 115 cm³/mol. The Bertz CT molecular complexity index is 1380. The minimum Gasteiger partial charge on any atom is -0.312 e. The van der Waals surface area contributed by atoms with E-state index < -0.39 is 0 Å². The van der Waals surface area contributed by atoms with Crippen molar-refractivity contribution < 1.29 is 0 Å². The van der Waals surface area contributed by atoms with Gasteiger partial charge in [0.15, 0.2) is 5.65 Å². The number of aromatic nitrogens is 7. The van der Waals surface area contributed by atoms with Gasteiger partial charge in [0.1, 0.15) is 0 Å². The van der Waals surface area contributed by atoms with E-state index in [4.69, 9.17) is 0 Å². The van der Waals surface area contributed by atoms with Crippen molar-refractivity contribution in [2.24, 2.45) is 0 Å². The van der Waals surface area contributed by atoms with Crippen molar-refractivity contribution in [3.05, 3.63) is 60.7 Å². The van der Waals surface area contributed by atoms with Crippen LogP contribution in [-0.2, 0) is 0 Å². The normalized spacial score (nSPS) is 14.4. The van der Waals surface area contributed by atoms with Gasteiger partial charge in [-0.25, -0.2) is 0 Å². The predicted octanol–water partition coefficient (Wildman–Crippen LogP) is 3.14. The SMILES string of the molecule is Cc1ccc2nnc(Sc3ccc4ncc(-c5cnn(C6CNC6)c5)cc4c3)n2n1. The summed E-state index contributed by atoms with van der Waals surface area (Å²) in [5.74, 6) is 0. The molecule has 0 unspecified atom stereocenters. The molecule has 1 aliphatic rings. The smallest absolute Gasteiger partial charge is 0.217 e. The second kappa shape index (κ2) is 6.89. The van der Waals surface area contributed by atoms with Crippen molar-refractivity contribution >= 4 is 28.3 Å². The maximum atomic E-state index is 4.64. The van der Waals surface area contributed by atoms with Crippen molar-refractivity contribution in [1.82, 2.24) is 39.9 Å². The van der Waals surface area contributed by atoms with E-state index in [0.29, 0.717) is 6.04 Å². The molecule has 5 aromatic rings. The largest absolute Gasteiger partial charge is 0.312 e. The van der Waals surface area contributed by atoms with Crippen molar-refractivity contribution in [3.8, 4) is 11.1 Å². The number of pyridine rings is 1. The average Bonchev–Trinajstić information content (AvgIpc) is 3.34. The summed E-state index contributed by atoms with van der Waals surface area (Å²) < 4.78 is 3.82. The third-order valence-electron chi connectivity index (χ3n) is 5.30. The van der Waals surface area contributed by atoms with Crippen molar-refractivity contribution in [3.63, 3.8) is 0 Å². The Morgan fingerprint density at radius 1 is 1.03 bits per heavy atom. The molecule has 4 aromatic heterocycles. The van der Waals surface area contributed by atoms with Crippen LogP contribution in [0, 0.1) is 6.92 Å². The monoisotopic (exact) mass is 414 g/mol. The molecular formula is C21H18N8S. The first-order chi connectivity index (χ1) is 14.7. The van der Waals surface area contributed by atoms with E-state index >= 15 is 0 Å². The quantitative estimate of drug-likeness (QED) is 0.483. The highest BCUT2D eigenvalue weighted by Crippen LogP contribution is 2.30. The highest BCUT2D eigenvalue weighted by molar-refractivity contribution is 7.99. The Morgan fingerprint density at radius 3 is 2.83 bits per heavy atom. The summed E-state index contributed by atoms with van der Waals surface area (Å²) in [5, 5.41) is 22.6. The van der Waals surface area contributed by atoms with Gasteiger partial charge >= 0.3 is 0 Å². The van der Waals surface area contributed by atoms with Crippen molar-refractivity contribution in [2.45, 2.75) is 23.0 Å². The van der Waals surface area contributed by atoms with Crippen LogP contribution >= 0.6 is 11.8 Å². The van der Waals surface area contributed by atoms with Crippen molar-refractivity contribution in [2.75, 3.05) is 13.1 Å². The van der Waals surface area contributed by atoms with Gasteiger partial charge in [0.2, 0.25) is 5.16 Å². The van der Waals surface area contributed by atoms with Gasteiger partial charge < -0.3 is 5.32 Å². The number of rotatable bonds is 4. The number of nitrogens with zero attached hydrogens (tertiary/aromatic N) is 7. The van der Waals surface area contributed by atoms with Crippen LogP contribution in [0.15, 0.2) is 65.0 Å². The van der Waals surface area contributed by atoms with Crippen LogP contribution in [0.2, 0.25) is 0 Å². The minimum atomic E-state index is 0.449. The van der Waals surface area contributed by atoms with Gasteiger partial charge in [0.05, 0.1) is 23.4 Å². The molecule has 8 nitrogen and oxygen atoms in total. The van der Waals surface area contributed by atoms with Gasteiger partial charge in [0, 0.05) is 46.9 Å². The zero-order valence-electron chi connectivity index (χ0n) is 16.2. The van der Waals surface area contributed by atoms with Gasteiger partial charge in [-0.05, 0) is 55.1 Å². The summed E-state index contributed by atoms with van der Waals surface area (Å²) >= 11 is 1.54. The van der Waals surface area contributed by atoms with Crippen LogP contribution in [0.1, 0.15) is 11.7 Å². The maximum absolute atomic E-state index is 4.64. The molecule has 1 aliphatic heterocycles. The highest BCUT2D eigenvalue weighted by Gasteiger charge is 2.19. The van der Waals surface area contributed by atoms with Crippen molar-refractivity contribution in [1.29, 1.82) is 0 Å². The molecule has 0 saturated carbocycles. The number of benzene rings is 1. The van der Waals surface area contributed by atoms with Crippen LogP contribution in [0.3, 0.4) is 0 Å². The molecule has 0 atom stereocenters. The molecular weight excluding hydrogens is 396 g/mol. The van der Waals surface area contributed by atoms with E-state index in [1.165, 1.54) is 0 Å². The number of fused-ring (bicyclic) bond motifs is 2. The van der Waals surface area contributed by atoms with Crippen LogP contribution in [-0.4, -0.2) is 47.7 Å². The van der Waals surface area contributed by atoms with Crippen LogP contribution in [0.25, 0.3) is 27.7 Å². The zero-order valence-corrected chi connectivity index (χ0v) is 17.0. The zero-order chi connectivity index (χ0) is 20.1. The molecule has 148 valence electrons. The third kappa shape index (κ3) is 3.03. The molecule has 30 heavy (non-hydrogen) atoms. The molecule has 1 saturated heterocycles. The first kappa shape index (κ1) is 17.5. The highest BCUT2D eigenvalue weighted by atomic mass is 32.2. The molecule has 1 N–H and O–H groups in total. The lowest BCUT2D eigenvalue weighted by atomic mass is 10.1.